The summed E-state index contributed by atoms with van der Waals surface area (Å²) in [5, 5.41) is 3.10. The topological polar surface area (TPSA) is 75.7 Å². The summed E-state index contributed by atoms with van der Waals surface area (Å²) in [4.78, 5) is 12.9. The number of hydrogen-bond donors (Lipinski definition) is 1. The highest BCUT2D eigenvalue weighted by Crippen LogP contribution is 2.25. The van der Waals surface area contributed by atoms with E-state index in [1.165, 1.54) is 16.8 Å². The molecule has 3 rings (SSSR count). The second kappa shape index (κ2) is 8.06. The van der Waals surface area contributed by atoms with Crippen molar-refractivity contribution in [2.75, 3.05) is 26.3 Å². The minimum absolute atomic E-state index is 0.164. The lowest BCUT2D eigenvalue weighted by Gasteiger charge is -2.29. The average molecular weight is 381 g/mol. The molecule has 0 bridgehead atoms. The quantitative estimate of drug-likeness (QED) is 0.870. The van der Waals surface area contributed by atoms with Crippen molar-refractivity contribution in [1.29, 1.82) is 0 Å². The van der Waals surface area contributed by atoms with Crippen LogP contribution in [0.15, 0.2) is 23.1 Å². The molecule has 7 heteroatoms. The van der Waals surface area contributed by atoms with Crippen molar-refractivity contribution < 1.29 is 17.9 Å². The third-order valence-electron chi connectivity index (χ3n) is 5.47. The molecule has 0 unspecified atom stereocenters. The molecule has 1 aliphatic carbocycles. The Morgan fingerprint density at radius 3 is 2.58 bits per heavy atom. The van der Waals surface area contributed by atoms with Crippen molar-refractivity contribution in [3.05, 3.63) is 29.3 Å². The van der Waals surface area contributed by atoms with Gasteiger partial charge in [0.2, 0.25) is 10.0 Å². The van der Waals surface area contributed by atoms with E-state index in [-0.39, 0.29) is 16.8 Å². The molecule has 0 radical (unpaired) electrons. The largest absolute Gasteiger partial charge is 0.379 e. The van der Waals surface area contributed by atoms with Crippen molar-refractivity contribution in [3.63, 3.8) is 0 Å². The van der Waals surface area contributed by atoms with E-state index in [2.05, 4.69) is 12.2 Å². The summed E-state index contributed by atoms with van der Waals surface area (Å²) >= 11 is 0. The van der Waals surface area contributed by atoms with Crippen molar-refractivity contribution >= 4 is 15.9 Å². The molecule has 1 aromatic rings. The minimum atomic E-state index is -3.62. The number of amides is 1. The molecule has 1 amide bonds. The van der Waals surface area contributed by atoms with Gasteiger partial charge < -0.3 is 10.1 Å². The first-order valence-corrected chi connectivity index (χ1v) is 10.8. The zero-order valence-electron chi connectivity index (χ0n) is 15.5. The van der Waals surface area contributed by atoms with Gasteiger partial charge in [0.15, 0.2) is 0 Å². The number of hydrogen-bond acceptors (Lipinski definition) is 4. The SMILES string of the molecule is Cc1ccc(C(=O)N[C@H]2CCCC[C@@H]2C)cc1S(=O)(=O)N1CCOCC1. The highest BCUT2D eigenvalue weighted by atomic mass is 32.2. The fourth-order valence-corrected chi connectivity index (χ4v) is 5.39. The second-order valence-corrected chi connectivity index (χ2v) is 9.24. The van der Waals surface area contributed by atoms with Crippen molar-refractivity contribution in [1.82, 2.24) is 9.62 Å². The molecule has 1 saturated heterocycles. The summed E-state index contributed by atoms with van der Waals surface area (Å²) in [6.45, 7) is 5.41. The predicted octanol–water partition coefficient (Wildman–Crippen LogP) is 2.32. The molecule has 1 aromatic carbocycles. The van der Waals surface area contributed by atoms with E-state index in [1.807, 2.05) is 0 Å². The lowest BCUT2D eigenvalue weighted by Crippen LogP contribution is -2.42. The van der Waals surface area contributed by atoms with E-state index in [1.54, 1.807) is 19.1 Å². The summed E-state index contributed by atoms with van der Waals surface area (Å²) in [6, 6.07) is 5.10. The Morgan fingerprint density at radius 2 is 1.88 bits per heavy atom. The molecular formula is C19H28N2O4S. The first-order chi connectivity index (χ1) is 12.4. The number of nitrogens with one attached hydrogen (secondary N) is 1. The van der Waals surface area contributed by atoms with Crippen LogP contribution in [0.5, 0.6) is 0 Å². The van der Waals surface area contributed by atoms with Crippen LogP contribution in [0.1, 0.15) is 48.5 Å². The molecule has 1 heterocycles. The molecule has 26 heavy (non-hydrogen) atoms. The monoisotopic (exact) mass is 380 g/mol. The van der Waals surface area contributed by atoms with Crippen LogP contribution >= 0.6 is 0 Å². The van der Waals surface area contributed by atoms with Gasteiger partial charge in [0.1, 0.15) is 0 Å². The van der Waals surface area contributed by atoms with E-state index in [0.717, 1.165) is 19.3 Å². The summed E-state index contributed by atoms with van der Waals surface area (Å²) in [6.07, 6.45) is 4.44. The third kappa shape index (κ3) is 4.10. The van der Waals surface area contributed by atoms with Gasteiger partial charge in [-0.05, 0) is 43.4 Å². The van der Waals surface area contributed by atoms with Crippen LogP contribution in [0.3, 0.4) is 0 Å². The Balaban J connectivity index is 1.81. The first kappa shape index (κ1) is 19.3. The fourth-order valence-electron chi connectivity index (χ4n) is 3.73. The van der Waals surface area contributed by atoms with Gasteiger partial charge in [-0.15, -0.1) is 0 Å². The molecular weight excluding hydrogens is 352 g/mol. The first-order valence-electron chi connectivity index (χ1n) is 9.39. The molecule has 1 aliphatic heterocycles. The van der Waals surface area contributed by atoms with Crippen molar-refractivity contribution in [2.24, 2.45) is 5.92 Å². The average Bonchev–Trinajstić information content (AvgIpc) is 2.64. The van der Waals surface area contributed by atoms with E-state index < -0.39 is 10.0 Å². The summed E-state index contributed by atoms with van der Waals surface area (Å²) in [7, 11) is -3.62. The van der Waals surface area contributed by atoms with Crippen LogP contribution < -0.4 is 5.32 Å². The number of carbonyl (C=O) groups is 1. The van der Waals surface area contributed by atoms with Gasteiger partial charge >= 0.3 is 0 Å². The summed E-state index contributed by atoms with van der Waals surface area (Å²) in [5.41, 5.74) is 1.05. The van der Waals surface area contributed by atoms with Gasteiger partial charge in [-0.1, -0.05) is 25.8 Å². The number of aryl methyl sites for hydroxylation is 1. The Kier molecular flexibility index (Phi) is 5.99. The molecule has 0 aromatic heterocycles. The number of sulfonamides is 1. The van der Waals surface area contributed by atoms with Crippen LogP contribution in [0.4, 0.5) is 0 Å². The smallest absolute Gasteiger partial charge is 0.251 e. The number of morpholine rings is 1. The second-order valence-electron chi connectivity index (χ2n) is 7.34. The standard InChI is InChI=1S/C19H28N2O4S/c1-14-5-3-4-6-17(14)20-19(22)16-8-7-15(2)18(13-16)26(23,24)21-9-11-25-12-10-21/h7-8,13-14,17H,3-6,9-12H2,1-2H3,(H,20,22)/t14-,17-/m0/s1. The van der Waals surface area contributed by atoms with Crippen molar-refractivity contribution in [3.8, 4) is 0 Å². The van der Waals surface area contributed by atoms with E-state index >= 15 is 0 Å². The van der Waals surface area contributed by atoms with Gasteiger partial charge in [-0.2, -0.15) is 4.31 Å². The number of carbonyl (C=O) groups excluding carboxylic acids is 1. The molecule has 0 spiro atoms. The predicted molar refractivity (Wildman–Crippen MR) is 99.6 cm³/mol. The molecule has 1 N–H and O–H groups in total. The summed E-state index contributed by atoms with van der Waals surface area (Å²) < 4.78 is 32.6. The molecule has 1 saturated carbocycles. The maximum atomic E-state index is 13.0. The number of benzene rings is 1. The Morgan fingerprint density at radius 1 is 1.19 bits per heavy atom. The van der Waals surface area contributed by atoms with Gasteiger partial charge in [0.05, 0.1) is 18.1 Å². The highest BCUT2D eigenvalue weighted by Gasteiger charge is 2.29. The van der Waals surface area contributed by atoms with Crippen molar-refractivity contribution in [2.45, 2.75) is 50.5 Å². The molecule has 144 valence electrons. The minimum Gasteiger partial charge on any atom is -0.379 e. The molecule has 2 atom stereocenters. The number of nitrogens with zero attached hydrogens (tertiary/aromatic N) is 1. The Labute approximate surface area is 156 Å². The lowest BCUT2D eigenvalue weighted by atomic mass is 9.86. The maximum Gasteiger partial charge on any atom is 0.251 e. The van der Waals surface area contributed by atoms with Crippen LogP contribution in [0.2, 0.25) is 0 Å². The van der Waals surface area contributed by atoms with E-state index in [0.29, 0.717) is 43.3 Å². The van der Waals surface area contributed by atoms with Crippen LogP contribution in [0, 0.1) is 12.8 Å². The number of rotatable bonds is 4. The van der Waals surface area contributed by atoms with Gasteiger partial charge in [0, 0.05) is 24.7 Å². The Bertz CT molecular complexity index is 757. The summed E-state index contributed by atoms with van der Waals surface area (Å²) in [5.74, 6) is 0.261. The molecule has 6 nitrogen and oxygen atoms in total. The highest BCUT2D eigenvalue weighted by molar-refractivity contribution is 7.89. The van der Waals surface area contributed by atoms with Gasteiger partial charge in [-0.3, -0.25) is 4.79 Å². The number of ether oxygens (including phenoxy) is 1. The fraction of sp³-hybridized carbons (Fsp3) is 0.632. The third-order valence-corrected chi connectivity index (χ3v) is 7.51. The van der Waals surface area contributed by atoms with Crippen LogP contribution in [0.25, 0.3) is 0 Å². The lowest BCUT2D eigenvalue weighted by molar-refractivity contribution is 0.0730. The van der Waals surface area contributed by atoms with Crippen LogP contribution in [-0.2, 0) is 14.8 Å². The van der Waals surface area contributed by atoms with E-state index in [4.69, 9.17) is 4.74 Å². The van der Waals surface area contributed by atoms with E-state index in [9.17, 15) is 13.2 Å². The zero-order valence-corrected chi connectivity index (χ0v) is 16.3. The van der Waals surface area contributed by atoms with Gasteiger partial charge in [0.25, 0.3) is 5.91 Å². The zero-order chi connectivity index (χ0) is 18.7. The van der Waals surface area contributed by atoms with Gasteiger partial charge in [-0.25, -0.2) is 8.42 Å². The molecule has 2 aliphatic rings. The maximum absolute atomic E-state index is 13.0. The normalized spacial score (nSPS) is 25.0. The molecule has 2 fully saturated rings. The van der Waals surface area contributed by atoms with Crippen LogP contribution in [-0.4, -0.2) is 51.0 Å². The Hall–Kier alpha value is -1.44.